The molecule has 0 aromatic heterocycles. The number of unbranched alkanes of at least 4 members (excludes halogenated alkanes) is 1. The highest BCUT2D eigenvalue weighted by atomic mass is 16.2. The lowest BCUT2D eigenvalue weighted by Crippen LogP contribution is -2.35. The van der Waals surface area contributed by atoms with Gasteiger partial charge in [0.05, 0.1) is 6.54 Å². The molecule has 1 aromatic carbocycles. The van der Waals surface area contributed by atoms with E-state index in [2.05, 4.69) is 13.2 Å². The van der Waals surface area contributed by atoms with E-state index in [0.29, 0.717) is 19.5 Å². The molecule has 116 valence electrons. The highest BCUT2D eigenvalue weighted by Gasteiger charge is 2.43. The van der Waals surface area contributed by atoms with Crippen molar-refractivity contribution in [1.29, 1.82) is 0 Å². The van der Waals surface area contributed by atoms with Crippen molar-refractivity contribution in [2.45, 2.75) is 31.8 Å². The molecule has 4 heteroatoms. The fraction of sp³-hybridized carbons (Fsp3) is 0.333. The lowest BCUT2D eigenvalue weighted by molar-refractivity contribution is -0.128. The number of nitrogens with zero attached hydrogens (tertiary/aromatic N) is 2. The van der Waals surface area contributed by atoms with Crippen molar-refractivity contribution in [3.8, 4) is 0 Å². The van der Waals surface area contributed by atoms with Gasteiger partial charge in [0.1, 0.15) is 6.04 Å². The molecule has 1 fully saturated rings. The van der Waals surface area contributed by atoms with Gasteiger partial charge in [-0.05, 0) is 24.8 Å². The molecule has 0 saturated carbocycles. The molecule has 1 unspecified atom stereocenters. The highest BCUT2D eigenvalue weighted by molar-refractivity contribution is 6.04. The van der Waals surface area contributed by atoms with Gasteiger partial charge < -0.3 is 4.90 Å². The molecule has 1 aliphatic rings. The maximum atomic E-state index is 12.6. The predicted molar refractivity (Wildman–Crippen MR) is 87.1 cm³/mol. The van der Waals surface area contributed by atoms with Crippen molar-refractivity contribution in [3.63, 3.8) is 0 Å². The van der Waals surface area contributed by atoms with Crippen LogP contribution in [0.3, 0.4) is 0 Å². The van der Waals surface area contributed by atoms with Crippen molar-refractivity contribution >= 4 is 11.9 Å². The van der Waals surface area contributed by atoms with Crippen LogP contribution in [0.2, 0.25) is 0 Å². The van der Waals surface area contributed by atoms with Crippen LogP contribution in [-0.4, -0.2) is 34.3 Å². The third kappa shape index (κ3) is 3.45. The summed E-state index contributed by atoms with van der Waals surface area (Å²) >= 11 is 0. The van der Waals surface area contributed by atoms with E-state index in [1.165, 1.54) is 4.90 Å². The first-order valence-corrected chi connectivity index (χ1v) is 7.56. The van der Waals surface area contributed by atoms with Crippen LogP contribution < -0.4 is 0 Å². The number of hydrogen-bond donors (Lipinski definition) is 0. The second kappa shape index (κ2) is 7.59. The third-order valence-electron chi connectivity index (χ3n) is 3.80. The number of hydrogen-bond acceptors (Lipinski definition) is 2. The molecule has 1 aromatic rings. The zero-order valence-electron chi connectivity index (χ0n) is 12.8. The summed E-state index contributed by atoms with van der Waals surface area (Å²) in [6, 6.07) is 8.96. The molecule has 1 aliphatic heterocycles. The minimum atomic E-state index is -0.380. The molecule has 0 aliphatic carbocycles. The Balaban J connectivity index is 2.13. The number of allylic oxidation sites excluding steroid dienone is 1. The molecule has 1 heterocycles. The Morgan fingerprint density at radius 1 is 1.09 bits per heavy atom. The van der Waals surface area contributed by atoms with Crippen LogP contribution in [-0.2, 0) is 11.3 Å². The molecule has 0 bridgehead atoms. The second-order valence-corrected chi connectivity index (χ2v) is 5.37. The van der Waals surface area contributed by atoms with Gasteiger partial charge in [0.2, 0.25) is 0 Å². The summed E-state index contributed by atoms with van der Waals surface area (Å²) in [5.41, 5.74) is 0.953. The first-order valence-electron chi connectivity index (χ1n) is 7.56. The summed E-state index contributed by atoms with van der Waals surface area (Å²) in [6.07, 6.45) is 5.85. The van der Waals surface area contributed by atoms with Crippen LogP contribution in [0.25, 0.3) is 0 Å². The zero-order valence-corrected chi connectivity index (χ0v) is 12.8. The molecule has 4 nitrogen and oxygen atoms in total. The normalized spacial score (nSPS) is 17.9. The zero-order chi connectivity index (χ0) is 15.9. The molecular formula is C18H22N2O2. The van der Waals surface area contributed by atoms with E-state index >= 15 is 0 Å². The summed E-state index contributed by atoms with van der Waals surface area (Å²) in [5.74, 6) is -0.111. The van der Waals surface area contributed by atoms with Crippen molar-refractivity contribution < 1.29 is 9.59 Å². The van der Waals surface area contributed by atoms with Crippen molar-refractivity contribution in [3.05, 3.63) is 61.2 Å². The summed E-state index contributed by atoms with van der Waals surface area (Å²) in [7, 11) is 0. The summed E-state index contributed by atoms with van der Waals surface area (Å²) in [5, 5.41) is 0. The number of carbonyl (C=O) groups excluding carboxylic acids is 2. The Morgan fingerprint density at radius 2 is 1.82 bits per heavy atom. The number of amides is 3. The number of benzene rings is 1. The van der Waals surface area contributed by atoms with Crippen LogP contribution in [0.5, 0.6) is 0 Å². The van der Waals surface area contributed by atoms with Gasteiger partial charge >= 0.3 is 6.03 Å². The van der Waals surface area contributed by atoms with Gasteiger partial charge in [0.15, 0.2) is 0 Å². The van der Waals surface area contributed by atoms with Gasteiger partial charge in [-0.25, -0.2) is 4.79 Å². The highest BCUT2D eigenvalue weighted by Crippen LogP contribution is 2.23. The smallest absolute Gasteiger partial charge is 0.309 e. The standard InChI is InChI=1S/C18H22N2O2/c1-3-5-7-12-16-17(21)20(18(22)19(16)13-4-2)14-15-10-8-6-9-11-15/h3-4,6,8-11,16H,1-2,5,7,12-14H2. The van der Waals surface area contributed by atoms with Crippen LogP contribution in [0, 0.1) is 0 Å². The van der Waals surface area contributed by atoms with Gasteiger partial charge in [0.25, 0.3) is 5.91 Å². The van der Waals surface area contributed by atoms with Gasteiger partial charge in [0, 0.05) is 6.54 Å². The molecular weight excluding hydrogens is 276 g/mol. The van der Waals surface area contributed by atoms with Crippen LogP contribution in [0.1, 0.15) is 24.8 Å². The average molecular weight is 298 g/mol. The monoisotopic (exact) mass is 298 g/mol. The first kappa shape index (κ1) is 16.0. The Bertz CT molecular complexity index is 553. The fourth-order valence-electron chi connectivity index (χ4n) is 2.69. The largest absolute Gasteiger partial charge is 0.328 e. The third-order valence-corrected chi connectivity index (χ3v) is 3.80. The number of rotatable bonds is 8. The van der Waals surface area contributed by atoms with E-state index in [-0.39, 0.29) is 18.0 Å². The van der Waals surface area contributed by atoms with Gasteiger partial charge in [-0.3, -0.25) is 9.69 Å². The Morgan fingerprint density at radius 3 is 2.45 bits per heavy atom. The maximum absolute atomic E-state index is 12.6. The molecule has 0 radical (unpaired) electrons. The number of carbonyl (C=O) groups is 2. The van der Waals surface area contributed by atoms with E-state index in [9.17, 15) is 9.59 Å². The van der Waals surface area contributed by atoms with E-state index in [1.807, 2.05) is 36.4 Å². The SMILES string of the molecule is C=CCCCC1C(=O)N(Cc2ccccc2)C(=O)N1CC=C. The molecule has 0 N–H and O–H groups in total. The lowest BCUT2D eigenvalue weighted by Gasteiger charge is -2.19. The summed E-state index contributed by atoms with van der Waals surface area (Å²) in [4.78, 5) is 28.1. The van der Waals surface area contributed by atoms with Crippen molar-refractivity contribution in [2.75, 3.05) is 6.54 Å². The molecule has 1 atom stereocenters. The van der Waals surface area contributed by atoms with Gasteiger partial charge in [-0.2, -0.15) is 0 Å². The van der Waals surface area contributed by atoms with Crippen LogP contribution in [0.15, 0.2) is 55.6 Å². The van der Waals surface area contributed by atoms with E-state index in [4.69, 9.17) is 0 Å². The Kier molecular flexibility index (Phi) is 5.53. The van der Waals surface area contributed by atoms with Gasteiger partial charge in [-0.15, -0.1) is 13.2 Å². The Hall–Kier alpha value is -2.36. The lowest BCUT2D eigenvalue weighted by atomic mass is 10.1. The predicted octanol–water partition coefficient (Wildman–Crippen LogP) is 3.36. The fourth-order valence-corrected chi connectivity index (χ4v) is 2.69. The molecule has 2 rings (SSSR count). The minimum Gasteiger partial charge on any atom is -0.309 e. The number of imide groups is 1. The first-order chi connectivity index (χ1) is 10.7. The number of urea groups is 1. The molecule has 22 heavy (non-hydrogen) atoms. The summed E-state index contributed by atoms with van der Waals surface area (Å²) < 4.78 is 0. The van der Waals surface area contributed by atoms with Crippen molar-refractivity contribution in [2.24, 2.45) is 0 Å². The van der Waals surface area contributed by atoms with E-state index in [1.54, 1.807) is 11.0 Å². The molecule has 3 amide bonds. The van der Waals surface area contributed by atoms with Gasteiger partial charge in [-0.1, -0.05) is 42.5 Å². The minimum absolute atomic E-state index is 0.111. The van der Waals surface area contributed by atoms with Crippen LogP contribution >= 0.6 is 0 Å². The maximum Gasteiger partial charge on any atom is 0.328 e. The average Bonchev–Trinajstić information content (AvgIpc) is 2.74. The summed E-state index contributed by atoms with van der Waals surface area (Å²) in [6.45, 7) is 8.10. The van der Waals surface area contributed by atoms with E-state index < -0.39 is 0 Å². The quantitative estimate of drug-likeness (QED) is 0.419. The second-order valence-electron chi connectivity index (χ2n) is 5.37. The van der Waals surface area contributed by atoms with Crippen molar-refractivity contribution in [1.82, 2.24) is 9.80 Å². The Labute approximate surface area is 131 Å². The topological polar surface area (TPSA) is 40.6 Å². The van der Waals surface area contributed by atoms with E-state index in [0.717, 1.165) is 18.4 Å². The molecule has 1 saturated heterocycles. The molecule has 0 spiro atoms. The van der Waals surface area contributed by atoms with Crippen LogP contribution in [0.4, 0.5) is 4.79 Å².